The lowest BCUT2D eigenvalue weighted by atomic mass is 10.2. The number of hydrogen-bond acceptors (Lipinski definition) is 2. The fourth-order valence-electron chi connectivity index (χ4n) is 0.659. The van der Waals surface area contributed by atoms with Gasteiger partial charge in [0.25, 0.3) is 0 Å². The topological polar surface area (TPSA) is 26.3 Å². The third kappa shape index (κ3) is 3.13. The maximum absolute atomic E-state index is 10.7. The van der Waals surface area contributed by atoms with Crippen LogP contribution in [-0.4, -0.2) is 17.1 Å². The average molecular weight is 276 g/mol. The van der Waals surface area contributed by atoms with E-state index < -0.39 is 0 Å². The molecule has 0 aromatic carbocycles. The highest BCUT2D eigenvalue weighted by Gasteiger charge is 1.92. The Hall–Kier alpha value is -0.710. The number of methoxy groups -OCH3 is 1. The first kappa shape index (κ1) is 9.38. The van der Waals surface area contributed by atoms with Crippen molar-refractivity contribution in [2.45, 2.75) is 0 Å². The molecule has 64 valence electrons. The molecular formula is C9H9IO2. The van der Waals surface area contributed by atoms with Crippen molar-refractivity contribution in [2.24, 2.45) is 0 Å². The summed E-state index contributed by atoms with van der Waals surface area (Å²) in [7, 11) is 1.37. The molecule has 0 aliphatic carbocycles. The highest BCUT2D eigenvalue weighted by molar-refractivity contribution is 14.2. The third-order valence-corrected chi connectivity index (χ3v) is 3.15. The minimum atomic E-state index is -0.308. The molecule has 1 rings (SSSR count). The van der Waals surface area contributed by atoms with Crippen molar-refractivity contribution >= 4 is 30.7 Å². The Morgan fingerprint density at radius 2 is 2.50 bits per heavy atom. The molecule has 1 heterocycles. The normalized spacial score (nSPS) is 15.6. The molecule has 0 N–H and O–H groups in total. The average Bonchev–Trinajstić information content (AvgIpc) is 2.16. The largest absolute Gasteiger partial charge is 0.466 e. The second kappa shape index (κ2) is 5.03. The van der Waals surface area contributed by atoms with Crippen LogP contribution in [-0.2, 0) is 9.53 Å². The molecular weight excluding hydrogens is 267 g/mol. The Morgan fingerprint density at radius 1 is 1.67 bits per heavy atom. The van der Waals surface area contributed by atoms with Gasteiger partial charge >= 0.3 is 5.97 Å². The summed E-state index contributed by atoms with van der Waals surface area (Å²) in [6.45, 7) is 0. The van der Waals surface area contributed by atoms with E-state index in [1.54, 1.807) is 6.08 Å². The molecule has 3 heteroatoms. The van der Waals surface area contributed by atoms with Crippen molar-refractivity contribution in [3.8, 4) is 0 Å². The molecule has 0 amide bonds. The van der Waals surface area contributed by atoms with Gasteiger partial charge in [-0.2, -0.15) is 0 Å². The fraction of sp³-hybridized carbons (Fsp3) is 0.111. The molecule has 0 aromatic heterocycles. The summed E-state index contributed by atoms with van der Waals surface area (Å²) in [6, 6.07) is 0. The van der Waals surface area contributed by atoms with Crippen LogP contribution in [0.5, 0.6) is 0 Å². The van der Waals surface area contributed by atoms with Gasteiger partial charge < -0.3 is 4.74 Å². The summed E-state index contributed by atoms with van der Waals surface area (Å²) >= 11 is 0.0605. The Bertz CT molecular complexity index is 285. The summed E-state index contributed by atoms with van der Waals surface area (Å²) in [5, 5.41) is 0. The molecule has 0 radical (unpaired) electrons. The van der Waals surface area contributed by atoms with E-state index in [1.165, 1.54) is 13.2 Å². The van der Waals surface area contributed by atoms with E-state index in [0.717, 1.165) is 5.57 Å². The van der Waals surface area contributed by atoms with Crippen molar-refractivity contribution in [1.29, 1.82) is 0 Å². The third-order valence-electron chi connectivity index (χ3n) is 1.24. The van der Waals surface area contributed by atoms with Crippen LogP contribution in [0.2, 0.25) is 0 Å². The van der Waals surface area contributed by atoms with E-state index in [-0.39, 0.29) is 26.7 Å². The predicted octanol–water partition coefficient (Wildman–Crippen LogP) is 1.94. The highest BCUT2D eigenvalue weighted by Crippen LogP contribution is 2.09. The number of carbonyl (C=O) groups is 1. The molecule has 1 aliphatic heterocycles. The Labute approximate surface area is 81.4 Å². The van der Waals surface area contributed by atoms with Gasteiger partial charge in [0.15, 0.2) is 0 Å². The van der Waals surface area contributed by atoms with Gasteiger partial charge in [0.1, 0.15) is 0 Å². The molecule has 0 saturated heterocycles. The van der Waals surface area contributed by atoms with E-state index in [1.807, 2.05) is 12.2 Å². The van der Waals surface area contributed by atoms with Crippen molar-refractivity contribution in [3.63, 3.8) is 0 Å². The molecule has 0 bridgehead atoms. The number of hydrogen-bond donors (Lipinski definition) is 0. The fourth-order valence-corrected chi connectivity index (χ4v) is 2.14. The monoisotopic (exact) mass is 276 g/mol. The van der Waals surface area contributed by atoms with Gasteiger partial charge in [-0.05, 0) is 19.7 Å². The minimum absolute atomic E-state index is 0.0605. The number of ether oxygens (including phenoxy) is 1. The molecule has 12 heavy (non-hydrogen) atoms. The van der Waals surface area contributed by atoms with E-state index in [0.29, 0.717) is 0 Å². The highest BCUT2D eigenvalue weighted by atomic mass is 127. The van der Waals surface area contributed by atoms with Gasteiger partial charge in [0.2, 0.25) is 0 Å². The molecule has 2 nitrogen and oxygen atoms in total. The van der Waals surface area contributed by atoms with Gasteiger partial charge in [-0.25, -0.2) is 4.79 Å². The summed E-state index contributed by atoms with van der Waals surface area (Å²) in [5.41, 5.74) is 1.09. The van der Waals surface area contributed by atoms with Crippen molar-refractivity contribution in [1.82, 2.24) is 0 Å². The Balaban J connectivity index is 2.57. The molecule has 0 saturated carbocycles. The number of halogens is 1. The number of carbonyl (C=O) groups excluding carboxylic acids is 1. The predicted molar refractivity (Wildman–Crippen MR) is 58.5 cm³/mol. The maximum atomic E-state index is 10.7. The van der Waals surface area contributed by atoms with Crippen LogP contribution in [0.15, 0.2) is 34.0 Å². The van der Waals surface area contributed by atoms with Gasteiger partial charge in [-0.1, -0.05) is 32.9 Å². The SMILES string of the molecule is COC(=O)/C=C/C1=CC=CI=C1. The standard InChI is InChI=1S/C9H9IO2/c1-12-9(11)5-4-8-3-2-6-10-7-8/h2-7H,1H3/b5-4+. The van der Waals surface area contributed by atoms with Crippen LogP contribution in [0.1, 0.15) is 0 Å². The van der Waals surface area contributed by atoms with Crippen LogP contribution in [0.25, 0.3) is 0 Å². The summed E-state index contributed by atoms with van der Waals surface area (Å²) < 4.78 is 8.78. The van der Waals surface area contributed by atoms with Gasteiger partial charge in [0, 0.05) is 6.08 Å². The molecule has 1 aliphatic rings. The van der Waals surface area contributed by atoms with Gasteiger partial charge in [-0.3, -0.25) is 0 Å². The smallest absolute Gasteiger partial charge is 0.330 e. The molecule has 0 spiro atoms. The molecule has 0 unspecified atom stereocenters. The molecule has 0 aromatic rings. The lowest BCUT2D eigenvalue weighted by molar-refractivity contribution is -0.134. The first-order valence-electron chi connectivity index (χ1n) is 3.41. The number of rotatable bonds is 2. The molecule has 0 atom stereocenters. The van der Waals surface area contributed by atoms with E-state index in [4.69, 9.17) is 0 Å². The Kier molecular flexibility index (Phi) is 3.93. The first-order chi connectivity index (χ1) is 5.83. The van der Waals surface area contributed by atoms with Crippen molar-refractivity contribution in [3.05, 3.63) is 34.0 Å². The van der Waals surface area contributed by atoms with Crippen molar-refractivity contribution < 1.29 is 9.53 Å². The maximum Gasteiger partial charge on any atom is 0.330 e. The second-order valence-electron chi connectivity index (χ2n) is 2.08. The zero-order valence-electron chi connectivity index (χ0n) is 6.66. The summed E-state index contributed by atoms with van der Waals surface area (Å²) in [5.74, 6) is -0.308. The first-order valence-corrected chi connectivity index (χ1v) is 5.90. The molecule has 0 fully saturated rings. The van der Waals surface area contributed by atoms with Crippen LogP contribution < -0.4 is 0 Å². The van der Waals surface area contributed by atoms with E-state index in [2.05, 4.69) is 12.8 Å². The van der Waals surface area contributed by atoms with E-state index in [9.17, 15) is 4.79 Å². The summed E-state index contributed by atoms with van der Waals surface area (Å²) in [4.78, 5) is 10.7. The van der Waals surface area contributed by atoms with Crippen LogP contribution in [0.4, 0.5) is 0 Å². The zero-order chi connectivity index (χ0) is 8.81. The van der Waals surface area contributed by atoms with Gasteiger partial charge in [-0.15, -0.1) is 0 Å². The quantitative estimate of drug-likeness (QED) is 0.437. The zero-order valence-corrected chi connectivity index (χ0v) is 8.82. The van der Waals surface area contributed by atoms with Crippen LogP contribution in [0, 0.1) is 0 Å². The number of esters is 1. The van der Waals surface area contributed by atoms with Crippen LogP contribution >= 0.6 is 20.7 Å². The van der Waals surface area contributed by atoms with Crippen molar-refractivity contribution in [2.75, 3.05) is 7.11 Å². The Morgan fingerprint density at radius 3 is 3.08 bits per heavy atom. The van der Waals surface area contributed by atoms with E-state index >= 15 is 0 Å². The summed E-state index contributed by atoms with van der Waals surface area (Å²) in [6.07, 6.45) is 7.20. The number of allylic oxidation sites excluding steroid dienone is 4. The minimum Gasteiger partial charge on any atom is -0.466 e. The van der Waals surface area contributed by atoms with Gasteiger partial charge in [0.05, 0.1) is 7.11 Å². The lowest BCUT2D eigenvalue weighted by Gasteiger charge is -1.94. The lowest BCUT2D eigenvalue weighted by Crippen LogP contribution is -1.94. The second-order valence-corrected chi connectivity index (χ2v) is 4.14. The van der Waals surface area contributed by atoms with Crippen LogP contribution in [0.3, 0.4) is 0 Å².